The highest BCUT2D eigenvalue weighted by atomic mass is 19.4. The van der Waals surface area contributed by atoms with Gasteiger partial charge in [0.05, 0.1) is 14.0 Å². The van der Waals surface area contributed by atoms with Gasteiger partial charge < -0.3 is 4.84 Å². The number of hydrogen-bond donors (Lipinski definition) is 0. The van der Waals surface area contributed by atoms with Crippen molar-refractivity contribution in [1.82, 2.24) is 4.90 Å². The van der Waals surface area contributed by atoms with E-state index < -0.39 is 92.6 Å². The van der Waals surface area contributed by atoms with Gasteiger partial charge in [0.1, 0.15) is 6.56 Å². The van der Waals surface area contributed by atoms with E-state index in [0.29, 0.717) is 24.0 Å². The molecule has 2 fully saturated rings. The molecule has 0 unspecified atom stereocenters. The van der Waals surface area contributed by atoms with Crippen LogP contribution in [-0.2, 0) is 30.5 Å². The van der Waals surface area contributed by atoms with Gasteiger partial charge in [0.2, 0.25) is 0 Å². The molecule has 1 saturated carbocycles. The minimum absolute atomic E-state index is 0.0861. The molecule has 1 aliphatic heterocycles. The molecule has 1 aliphatic carbocycles. The van der Waals surface area contributed by atoms with Crippen molar-refractivity contribution in [3.05, 3.63) is 69.8 Å². The molecule has 0 spiro atoms. The monoisotopic (exact) mass is 505 g/mol. The van der Waals surface area contributed by atoms with E-state index in [2.05, 4.69) is 5.16 Å². The summed E-state index contributed by atoms with van der Waals surface area (Å²) < 4.78 is 202. The number of aryl methyl sites for hydroxylation is 1. The van der Waals surface area contributed by atoms with E-state index >= 15 is 0 Å². The third-order valence-corrected chi connectivity index (χ3v) is 5.21. The van der Waals surface area contributed by atoms with E-state index in [1.807, 2.05) is 0 Å². The lowest BCUT2D eigenvalue weighted by molar-refractivity contribution is -0.138. The van der Waals surface area contributed by atoms with E-state index in [1.54, 1.807) is 6.92 Å². The van der Waals surface area contributed by atoms with E-state index in [4.69, 9.17) is 30.9 Å². The Morgan fingerprint density at radius 2 is 1.89 bits per heavy atom. The maximum Gasteiger partial charge on any atom is 0.416 e. The molecule has 0 radical (unpaired) electrons. The lowest BCUT2D eigenvalue weighted by Gasteiger charge is -2.31. The van der Waals surface area contributed by atoms with Crippen LogP contribution in [0, 0.1) is 5.89 Å². The van der Waals surface area contributed by atoms with Crippen molar-refractivity contribution in [2.45, 2.75) is 84.2 Å². The van der Waals surface area contributed by atoms with Gasteiger partial charge in [-0.3, -0.25) is 4.90 Å². The smallest absolute Gasteiger partial charge is 0.391 e. The molecule has 2 aromatic rings. The molecule has 4 rings (SSSR count). The Kier molecular flexibility index (Phi) is 3.49. The van der Waals surface area contributed by atoms with Crippen LogP contribution in [-0.4, -0.2) is 23.6 Å². The number of halogens is 3. The second kappa shape index (κ2) is 11.2. The van der Waals surface area contributed by atoms with Gasteiger partial charge in [0.25, 0.3) is 0 Å². The fourth-order valence-corrected chi connectivity index (χ4v) is 3.30. The van der Waals surface area contributed by atoms with Crippen molar-refractivity contribution in [3.8, 4) is 0 Å². The van der Waals surface area contributed by atoms with Gasteiger partial charge in [-0.2, -0.15) is 13.2 Å². The lowest BCUT2D eigenvalue weighted by Crippen LogP contribution is -2.36. The molecular formula is C29H37F3N2O. The Hall–Kier alpha value is -2.34. The van der Waals surface area contributed by atoms with E-state index in [0.717, 1.165) is 0 Å². The van der Waals surface area contributed by atoms with Crippen molar-refractivity contribution >= 4 is 5.71 Å². The fraction of sp³-hybridized carbons (Fsp3) is 0.552. The number of oxime groups is 1. The second-order valence-electron chi connectivity index (χ2n) is 7.70. The summed E-state index contributed by atoms with van der Waals surface area (Å²) in [6.07, 6.45) is -22.8. The fourth-order valence-electron chi connectivity index (χ4n) is 3.30. The summed E-state index contributed by atoms with van der Waals surface area (Å²) in [6, 6.07) is 4.89. The van der Waals surface area contributed by atoms with Crippen molar-refractivity contribution in [1.29, 1.82) is 0 Å². The quantitative estimate of drug-likeness (QED) is 0.271. The van der Waals surface area contributed by atoms with Crippen molar-refractivity contribution in [2.24, 2.45) is 11.0 Å². The number of benzene rings is 2. The first kappa shape index (κ1) is 11.0. The van der Waals surface area contributed by atoms with Gasteiger partial charge in [0.15, 0.2) is 0 Å². The molecule has 2 aliphatic rings. The predicted octanol–water partition coefficient (Wildman–Crippen LogP) is 7.71. The molecule has 3 nitrogen and oxygen atoms in total. The van der Waals surface area contributed by atoms with Gasteiger partial charge in [-0.1, -0.05) is 56.0 Å². The zero-order valence-corrected chi connectivity index (χ0v) is 19.2. The molecule has 0 bridgehead atoms. The highest BCUT2D eigenvalue weighted by Crippen LogP contribution is 2.42. The van der Waals surface area contributed by atoms with Crippen LogP contribution in [0.1, 0.15) is 118 Å². The number of alkyl halides is 3. The van der Waals surface area contributed by atoms with E-state index in [1.165, 1.54) is 25.1 Å². The largest absolute Gasteiger partial charge is 0.416 e. The highest BCUT2D eigenvalue weighted by Gasteiger charge is 2.36. The first-order valence-corrected chi connectivity index (χ1v) is 10.7. The summed E-state index contributed by atoms with van der Waals surface area (Å²) >= 11 is 0. The number of likely N-dealkylation sites (tertiary alicyclic amines) is 1. The van der Waals surface area contributed by atoms with Crippen LogP contribution in [0.15, 0.2) is 41.6 Å². The summed E-state index contributed by atoms with van der Waals surface area (Å²) in [4.78, 5) is 5.31. The van der Waals surface area contributed by atoms with Gasteiger partial charge in [0, 0.05) is 29.8 Å². The normalized spacial score (nSPS) is 43.8. The molecule has 0 atom stereocenters. The molecule has 6 heteroatoms. The number of rotatable bonds is 8. The average Bonchev–Trinajstić information content (AvgIpc) is 3.04. The van der Waals surface area contributed by atoms with Crippen LogP contribution in [0.5, 0.6) is 0 Å². The minimum atomic E-state index is -5.57. The Morgan fingerprint density at radius 1 is 1.14 bits per heavy atom. The maximum atomic E-state index is 14.7. The molecule has 0 aromatic heterocycles. The van der Waals surface area contributed by atoms with Crippen LogP contribution in [0.4, 0.5) is 13.2 Å². The number of hydrogen-bond acceptors (Lipinski definition) is 3. The molecule has 1 saturated heterocycles. The van der Waals surface area contributed by atoms with Crippen LogP contribution in [0.25, 0.3) is 0 Å². The lowest BCUT2D eigenvalue weighted by atomic mass is 9.78. The molecule has 0 amide bonds. The third-order valence-electron chi connectivity index (χ3n) is 5.21. The van der Waals surface area contributed by atoms with Gasteiger partial charge in [-0.25, -0.2) is 0 Å². The SMILES string of the molecule is [2H]C1C([2H])([2H])N(C([2H])([2H])c2ccc(/C(C)=N/OC([2H])([2H])c3ccc(C4([2H])C([2H])([2H])C([2H])([2H])C([2H])(C)C([2H])([2H])C4([2H])[2H])c(C(F)(F)F)c3)cc2CC)C1([2H])[2H]. The van der Waals surface area contributed by atoms with Crippen molar-refractivity contribution in [3.63, 3.8) is 0 Å². The van der Waals surface area contributed by atoms with Crippen LogP contribution < -0.4 is 0 Å². The first-order chi connectivity index (χ1) is 23.9. The van der Waals surface area contributed by atoms with Gasteiger partial charge >= 0.3 is 6.18 Å². The zero-order valence-electron chi connectivity index (χ0n) is 38.2. The third kappa shape index (κ3) is 6.46. The Bertz CT molecular complexity index is 1800. The zero-order chi connectivity index (χ0) is 42.1. The highest BCUT2D eigenvalue weighted by molar-refractivity contribution is 5.98. The Labute approximate surface area is 234 Å². The van der Waals surface area contributed by atoms with Gasteiger partial charge in [-0.05, 0) is 97.2 Å². The molecule has 1 heterocycles. The molecule has 190 valence electrons. The first-order valence-electron chi connectivity index (χ1n) is 20.3. The van der Waals surface area contributed by atoms with Crippen LogP contribution >= 0.6 is 0 Å². The van der Waals surface area contributed by atoms with Gasteiger partial charge in [-0.15, -0.1) is 0 Å². The summed E-state index contributed by atoms with van der Waals surface area (Å²) in [5, 5.41) is 3.68. The Balaban J connectivity index is 1.76. The van der Waals surface area contributed by atoms with Crippen molar-refractivity contribution in [2.75, 3.05) is 13.0 Å². The standard InChI is InChI=1S/C29H37F3N2O/c1-4-23-17-25(11-12-26(23)18-34-14-5-15-34)21(3)33-35-19-22-8-13-27(28(16-22)29(30,31)32)24-9-6-20(2)7-10-24/h8,11-13,16-17,20,24H,4-7,9-10,14-15,18-19H2,1-3H3/b33-21+/i5D,6D2,7D2,9D2,10D2,14D2,15D2,18D2,19D2,20D,24D. The molecule has 35 heavy (non-hydrogen) atoms. The Morgan fingerprint density at radius 3 is 2.57 bits per heavy atom. The molecular weight excluding hydrogens is 449 g/mol. The van der Waals surface area contributed by atoms with Crippen molar-refractivity contribution < 1.29 is 44.1 Å². The predicted molar refractivity (Wildman–Crippen MR) is 135 cm³/mol. The summed E-state index contributed by atoms with van der Waals surface area (Å²) in [5.41, 5.74) is -4.28. The minimum Gasteiger partial charge on any atom is -0.391 e. The molecule has 2 aromatic carbocycles. The summed E-state index contributed by atoms with van der Waals surface area (Å²) in [7, 11) is 0. The average molecular weight is 506 g/mol. The van der Waals surface area contributed by atoms with E-state index in [-0.39, 0.29) is 34.9 Å². The molecule has 0 N–H and O–H groups in total. The second-order valence-corrected chi connectivity index (χ2v) is 7.70. The summed E-state index contributed by atoms with van der Waals surface area (Å²) in [5.74, 6) is -7.24. The maximum absolute atomic E-state index is 14.7. The van der Waals surface area contributed by atoms with Crippen LogP contribution in [0.3, 0.4) is 0 Å². The topological polar surface area (TPSA) is 24.8 Å². The van der Waals surface area contributed by atoms with E-state index in [9.17, 15) is 13.2 Å². The summed E-state index contributed by atoms with van der Waals surface area (Å²) in [6.45, 7) is -7.79. The van der Waals surface area contributed by atoms with Crippen LogP contribution in [0.2, 0.25) is 0 Å². The number of nitrogens with zero attached hydrogens (tertiary/aromatic N) is 2.